The standard InChI is InChI=1S/C5H10N4O2/c1-4(2)5-7-6-3-8(5)9(10)11/h4-5H,3H2,1-2H3. The Morgan fingerprint density at radius 3 is 2.73 bits per heavy atom. The molecule has 1 heterocycles. The summed E-state index contributed by atoms with van der Waals surface area (Å²) in [5, 5.41) is 18.3. The van der Waals surface area contributed by atoms with Crippen LogP contribution in [0.3, 0.4) is 0 Å². The first kappa shape index (κ1) is 7.90. The minimum absolute atomic E-state index is 0.0792. The third-order valence-corrected chi connectivity index (χ3v) is 1.52. The Balaban J connectivity index is 2.63. The molecule has 62 valence electrons. The number of hydrogen-bond donors (Lipinski definition) is 0. The van der Waals surface area contributed by atoms with E-state index in [2.05, 4.69) is 10.2 Å². The average molecular weight is 158 g/mol. The fourth-order valence-corrected chi connectivity index (χ4v) is 0.954. The average Bonchev–Trinajstić information content (AvgIpc) is 2.32. The maximum absolute atomic E-state index is 10.3. The molecule has 0 aliphatic carbocycles. The lowest BCUT2D eigenvalue weighted by atomic mass is 10.2. The molecule has 0 aromatic rings. The molecule has 6 heteroatoms. The summed E-state index contributed by atoms with van der Waals surface area (Å²) in [5.41, 5.74) is 0. The summed E-state index contributed by atoms with van der Waals surface area (Å²) in [6.07, 6.45) is -0.384. The lowest BCUT2D eigenvalue weighted by molar-refractivity contribution is -0.662. The minimum Gasteiger partial charge on any atom is -0.235 e. The summed E-state index contributed by atoms with van der Waals surface area (Å²) in [5.74, 6) is 0.131. The number of nitrogens with zero attached hydrogens (tertiary/aromatic N) is 4. The van der Waals surface area contributed by atoms with Gasteiger partial charge in [0, 0.05) is 5.92 Å². The van der Waals surface area contributed by atoms with E-state index in [-0.39, 0.29) is 18.8 Å². The molecule has 1 aliphatic rings. The molecule has 0 saturated heterocycles. The molecular weight excluding hydrogens is 148 g/mol. The first-order valence-electron chi connectivity index (χ1n) is 3.40. The monoisotopic (exact) mass is 158 g/mol. The van der Waals surface area contributed by atoms with Crippen LogP contribution in [-0.2, 0) is 0 Å². The Labute approximate surface area is 64.0 Å². The molecule has 0 N–H and O–H groups in total. The Bertz CT molecular complexity index is 191. The second-order valence-electron chi connectivity index (χ2n) is 2.73. The van der Waals surface area contributed by atoms with E-state index in [0.29, 0.717) is 0 Å². The van der Waals surface area contributed by atoms with Crippen LogP contribution in [0.4, 0.5) is 0 Å². The number of nitro groups is 1. The number of hydrogen-bond acceptors (Lipinski definition) is 4. The lowest BCUT2D eigenvalue weighted by Gasteiger charge is -2.15. The zero-order valence-electron chi connectivity index (χ0n) is 6.47. The molecular formula is C5H10N4O2. The quantitative estimate of drug-likeness (QED) is 0.442. The van der Waals surface area contributed by atoms with Gasteiger partial charge in [-0.1, -0.05) is 18.9 Å². The van der Waals surface area contributed by atoms with E-state index in [1.54, 1.807) is 0 Å². The van der Waals surface area contributed by atoms with E-state index in [1.165, 1.54) is 0 Å². The highest BCUT2D eigenvalue weighted by Gasteiger charge is 2.32. The molecule has 1 unspecified atom stereocenters. The van der Waals surface area contributed by atoms with Gasteiger partial charge in [-0.05, 0) is 0 Å². The summed E-state index contributed by atoms with van der Waals surface area (Å²) in [4.78, 5) is 10.3. The van der Waals surface area contributed by atoms with Crippen molar-refractivity contribution < 1.29 is 5.03 Å². The SMILES string of the molecule is CC(C)C1N=NCN1[N+](=O)[O-]. The van der Waals surface area contributed by atoms with Crippen LogP contribution in [0.25, 0.3) is 0 Å². The van der Waals surface area contributed by atoms with Crippen LogP contribution < -0.4 is 0 Å². The summed E-state index contributed by atoms with van der Waals surface area (Å²) in [6, 6.07) is 0. The molecule has 0 bridgehead atoms. The van der Waals surface area contributed by atoms with Crippen molar-refractivity contribution in [3.8, 4) is 0 Å². The molecule has 1 rings (SSSR count). The number of hydrazine groups is 1. The third kappa shape index (κ3) is 1.44. The van der Waals surface area contributed by atoms with Gasteiger partial charge in [-0.3, -0.25) is 0 Å². The highest BCUT2D eigenvalue weighted by atomic mass is 16.7. The van der Waals surface area contributed by atoms with Gasteiger partial charge < -0.3 is 0 Å². The van der Waals surface area contributed by atoms with E-state index in [9.17, 15) is 10.1 Å². The van der Waals surface area contributed by atoms with E-state index < -0.39 is 5.03 Å². The fourth-order valence-electron chi connectivity index (χ4n) is 0.954. The molecule has 11 heavy (non-hydrogen) atoms. The maximum atomic E-state index is 10.3. The molecule has 0 aromatic heterocycles. The van der Waals surface area contributed by atoms with Gasteiger partial charge in [0.25, 0.3) is 0 Å². The topological polar surface area (TPSA) is 71.1 Å². The lowest BCUT2D eigenvalue weighted by Crippen LogP contribution is -2.38. The number of rotatable bonds is 2. The minimum atomic E-state index is -0.454. The first-order valence-corrected chi connectivity index (χ1v) is 3.40. The second-order valence-corrected chi connectivity index (χ2v) is 2.73. The molecule has 0 radical (unpaired) electrons. The molecule has 0 aromatic carbocycles. The molecule has 6 nitrogen and oxygen atoms in total. The van der Waals surface area contributed by atoms with Crippen molar-refractivity contribution in [1.82, 2.24) is 5.01 Å². The van der Waals surface area contributed by atoms with Gasteiger partial charge >= 0.3 is 0 Å². The second kappa shape index (κ2) is 2.81. The van der Waals surface area contributed by atoms with Gasteiger partial charge in [0.1, 0.15) is 0 Å². The van der Waals surface area contributed by atoms with Crippen LogP contribution >= 0.6 is 0 Å². The van der Waals surface area contributed by atoms with Gasteiger partial charge in [-0.15, -0.1) is 0 Å². The van der Waals surface area contributed by atoms with Gasteiger partial charge in [0.15, 0.2) is 11.7 Å². The normalized spacial score (nSPS) is 23.2. The molecule has 0 fully saturated rings. The molecule has 0 amide bonds. The highest BCUT2D eigenvalue weighted by Crippen LogP contribution is 2.17. The van der Waals surface area contributed by atoms with Crippen LogP contribution in [0.5, 0.6) is 0 Å². The Morgan fingerprint density at radius 2 is 2.36 bits per heavy atom. The molecule has 0 spiro atoms. The summed E-state index contributed by atoms with van der Waals surface area (Å²) in [7, 11) is 0. The van der Waals surface area contributed by atoms with Gasteiger partial charge in [-0.2, -0.15) is 10.2 Å². The Kier molecular flexibility index (Phi) is 2.02. The van der Waals surface area contributed by atoms with Crippen LogP contribution in [-0.4, -0.2) is 22.9 Å². The summed E-state index contributed by atoms with van der Waals surface area (Å²) >= 11 is 0. The van der Waals surface area contributed by atoms with Crippen molar-refractivity contribution in [2.24, 2.45) is 16.1 Å². The molecule has 1 atom stereocenters. The number of azo groups is 1. The van der Waals surface area contributed by atoms with E-state index in [0.717, 1.165) is 5.01 Å². The van der Waals surface area contributed by atoms with Crippen molar-refractivity contribution in [1.29, 1.82) is 0 Å². The van der Waals surface area contributed by atoms with Crippen molar-refractivity contribution in [2.45, 2.75) is 20.0 Å². The van der Waals surface area contributed by atoms with Crippen LogP contribution in [0.1, 0.15) is 13.8 Å². The van der Waals surface area contributed by atoms with Gasteiger partial charge in [-0.25, -0.2) is 10.1 Å². The van der Waals surface area contributed by atoms with Gasteiger partial charge in [0.2, 0.25) is 6.17 Å². The first-order chi connectivity index (χ1) is 5.13. The van der Waals surface area contributed by atoms with Crippen LogP contribution in [0, 0.1) is 16.0 Å². The largest absolute Gasteiger partial charge is 0.235 e. The highest BCUT2D eigenvalue weighted by molar-refractivity contribution is 4.68. The van der Waals surface area contributed by atoms with Crippen molar-refractivity contribution >= 4 is 0 Å². The van der Waals surface area contributed by atoms with Crippen LogP contribution in [0.15, 0.2) is 10.2 Å². The Morgan fingerprint density at radius 1 is 1.73 bits per heavy atom. The predicted molar refractivity (Wildman–Crippen MR) is 37.2 cm³/mol. The van der Waals surface area contributed by atoms with Crippen LogP contribution in [0.2, 0.25) is 0 Å². The van der Waals surface area contributed by atoms with Gasteiger partial charge in [0.05, 0.1) is 0 Å². The van der Waals surface area contributed by atoms with Crippen molar-refractivity contribution in [3.63, 3.8) is 0 Å². The molecule has 0 saturated carbocycles. The van der Waals surface area contributed by atoms with E-state index in [4.69, 9.17) is 0 Å². The Hall–Kier alpha value is -1.20. The molecule has 1 aliphatic heterocycles. The smallest absolute Gasteiger partial charge is 0.203 e. The zero-order valence-corrected chi connectivity index (χ0v) is 6.47. The zero-order chi connectivity index (χ0) is 8.43. The van der Waals surface area contributed by atoms with E-state index >= 15 is 0 Å². The summed E-state index contributed by atoms with van der Waals surface area (Å²) in [6.45, 7) is 3.84. The van der Waals surface area contributed by atoms with Crippen molar-refractivity contribution in [3.05, 3.63) is 10.1 Å². The fraction of sp³-hybridized carbons (Fsp3) is 1.00. The predicted octanol–water partition coefficient (Wildman–Crippen LogP) is 0.885. The third-order valence-electron chi connectivity index (χ3n) is 1.52. The summed E-state index contributed by atoms with van der Waals surface area (Å²) < 4.78 is 0. The van der Waals surface area contributed by atoms with E-state index in [1.807, 2.05) is 13.8 Å². The maximum Gasteiger partial charge on any atom is 0.203 e. The van der Waals surface area contributed by atoms with Crippen molar-refractivity contribution in [2.75, 3.05) is 6.67 Å².